The monoisotopic (exact) mass is 389 g/mol. The van der Waals surface area contributed by atoms with Crippen LogP contribution in [0, 0.1) is 17.0 Å². The van der Waals surface area contributed by atoms with Gasteiger partial charge in [-0.1, -0.05) is 24.3 Å². The molecular weight excluding hydrogens is 370 g/mol. The van der Waals surface area contributed by atoms with Crippen molar-refractivity contribution in [2.75, 3.05) is 6.61 Å². The predicted octanol–water partition coefficient (Wildman–Crippen LogP) is 4.72. The topological polar surface area (TPSA) is 79.4 Å². The van der Waals surface area contributed by atoms with E-state index < -0.39 is 4.92 Å². The highest BCUT2D eigenvalue weighted by molar-refractivity contribution is 5.75. The first-order valence-electron chi connectivity index (χ1n) is 9.19. The molecule has 1 aromatic heterocycles. The second kappa shape index (κ2) is 8.02. The summed E-state index contributed by atoms with van der Waals surface area (Å²) in [6.07, 6.45) is 0.740. The molecule has 0 aliphatic rings. The third kappa shape index (κ3) is 4.19. The van der Waals surface area contributed by atoms with Gasteiger partial charge in [-0.2, -0.15) is 4.73 Å². The maximum atomic E-state index is 10.7. The maximum absolute atomic E-state index is 10.7. The number of non-ortho nitro benzene ring substituents is 1. The first-order valence-corrected chi connectivity index (χ1v) is 9.19. The molecule has 0 aliphatic heterocycles. The first-order chi connectivity index (χ1) is 14.1. The number of nitro benzene ring substituents is 1. The standard InChI is InChI=1S/C22H19N3O4/c1-16-23-21-4-2-3-5-22(21)24(16)28-15-14-17-6-10-19(11-7-17)29-20-12-8-18(9-13-20)25(26)27/h2-13H,14-15H2,1H3. The third-order valence-electron chi connectivity index (χ3n) is 4.49. The summed E-state index contributed by atoms with van der Waals surface area (Å²) in [5.41, 5.74) is 3.02. The van der Waals surface area contributed by atoms with Crippen molar-refractivity contribution in [1.29, 1.82) is 0 Å². The van der Waals surface area contributed by atoms with Gasteiger partial charge in [-0.05, 0) is 48.9 Å². The zero-order valence-electron chi connectivity index (χ0n) is 15.8. The van der Waals surface area contributed by atoms with Crippen molar-refractivity contribution in [1.82, 2.24) is 9.71 Å². The number of rotatable bonds is 7. The molecule has 3 aromatic carbocycles. The summed E-state index contributed by atoms with van der Waals surface area (Å²) in [7, 11) is 0. The second-order valence-corrected chi connectivity index (χ2v) is 6.52. The lowest BCUT2D eigenvalue weighted by Gasteiger charge is -2.10. The highest BCUT2D eigenvalue weighted by Gasteiger charge is 2.08. The highest BCUT2D eigenvalue weighted by Crippen LogP contribution is 2.24. The Bertz CT molecular complexity index is 1140. The number of hydrogen-bond donors (Lipinski definition) is 0. The van der Waals surface area contributed by atoms with Crippen LogP contribution in [0.15, 0.2) is 72.8 Å². The average molecular weight is 389 g/mol. The van der Waals surface area contributed by atoms with Crippen LogP contribution in [0.2, 0.25) is 0 Å². The van der Waals surface area contributed by atoms with Crippen LogP contribution in [-0.2, 0) is 6.42 Å². The van der Waals surface area contributed by atoms with E-state index in [0.717, 1.165) is 28.8 Å². The van der Waals surface area contributed by atoms with Gasteiger partial charge in [0.2, 0.25) is 0 Å². The minimum absolute atomic E-state index is 0.0357. The Morgan fingerprint density at radius 1 is 0.966 bits per heavy atom. The van der Waals surface area contributed by atoms with Gasteiger partial charge in [-0.15, -0.1) is 0 Å². The number of nitrogens with zero attached hydrogens (tertiary/aromatic N) is 3. The number of benzene rings is 3. The summed E-state index contributed by atoms with van der Waals surface area (Å²) in [6.45, 7) is 2.44. The van der Waals surface area contributed by atoms with E-state index in [4.69, 9.17) is 9.57 Å². The van der Waals surface area contributed by atoms with Gasteiger partial charge in [0.05, 0.1) is 10.4 Å². The van der Waals surface area contributed by atoms with Crippen LogP contribution < -0.4 is 9.57 Å². The van der Waals surface area contributed by atoms with E-state index in [1.807, 2.05) is 55.5 Å². The Balaban J connectivity index is 1.34. The van der Waals surface area contributed by atoms with Crippen molar-refractivity contribution in [3.63, 3.8) is 0 Å². The minimum atomic E-state index is -0.436. The van der Waals surface area contributed by atoms with Gasteiger partial charge in [0.15, 0.2) is 0 Å². The molecule has 0 spiro atoms. The lowest BCUT2D eigenvalue weighted by molar-refractivity contribution is -0.384. The fourth-order valence-electron chi connectivity index (χ4n) is 3.04. The number of fused-ring (bicyclic) bond motifs is 1. The van der Waals surface area contributed by atoms with Gasteiger partial charge < -0.3 is 9.57 Å². The van der Waals surface area contributed by atoms with E-state index in [1.54, 1.807) is 16.9 Å². The fraction of sp³-hybridized carbons (Fsp3) is 0.136. The summed E-state index contributed by atoms with van der Waals surface area (Å²) < 4.78 is 7.49. The van der Waals surface area contributed by atoms with E-state index in [9.17, 15) is 10.1 Å². The van der Waals surface area contributed by atoms with Crippen molar-refractivity contribution in [2.45, 2.75) is 13.3 Å². The molecule has 0 fully saturated rings. The summed E-state index contributed by atoms with van der Waals surface area (Å²) in [5.74, 6) is 2.03. The second-order valence-electron chi connectivity index (χ2n) is 6.52. The van der Waals surface area contributed by atoms with Crippen LogP contribution >= 0.6 is 0 Å². The maximum Gasteiger partial charge on any atom is 0.269 e. The van der Waals surface area contributed by atoms with E-state index in [2.05, 4.69) is 4.98 Å². The van der Waals surface area contributed by atoms with E-state index in [0.29, 0.717) is 18.1 Å². The summed E-state index contributed by atoms with van der Waals surface area (Å²) >= 11 is 0. The van der Waals surface area contributed by atoms with Gasteiger partial charge in [-0.25, -0.2) is 4.98 Å². The molecule has 4 aromatic rings. The van der Waals surface area contributed by atoms with Crippen molar-refractivity contribution in [3.05, 3.63) is 94.3 Å². The Morgan fingerprint density at radius 3 is 2.31 bits per heavy atom. The van der Waals surface area contributed by atoms with Crippen LogP contribution in [0.5, 0.6) is 11.5 Å². The van der Waals surface area contributed by atoms with Crippen LogP contribution in [0.3, 0.4) is 0 Å². The lowest BCUT2D eigenvalue weighted by atomic mass is 10.1. The Hall–Kier alpha value is -3.87. The summed E-state index contributed by atoms with van der Waals surface area (Å²) in [5, 5.41) is 10.7. The van der Waals surface area contributed by atoms with Crippen molar-refractivity contribution < 1.29 is 14.5 Å². The van der Waals surface area contributed by atoms with E-state index in [-0.39, 0.29) is 5.69 Å². The van der Waals surface area contributed by atoms with E-state index in [1.165, 1.54) is 12.1 Å². The van der Waals surface area contributed by atoms with Crippen LogP contribution in [0.1, 0.15) is 11.4 Å². The molecule has 4 rings (SSSR count). The molecule has 0 amide bonds. The molecule has 1 heterocycles. The summed E-state index contributed by atoms with van der Waals surface area (Å²) in [4.78, 5) is 20.7. The number of nitro groups is 1. The van der Waals surface area contributed by atoms with Crippen LogP contribution in [0.4, 0.5) is 5.69 Å². The molecule has 0 radical (unpaired) electrons. The quantitative estimate of drug-likeness (QED) is 0.338. The molecule has 0 saturated heterocycles. The number of aryl methyl sites for hydroxylation is 1. The SMILES string of the molecule is Cc1nc2ccccc2n1OCCc1ccc(Oc2ccc([N+](=O)[O-])cc2)cc1. The van der Waals surface area contributed by atoms with Gasteiger partial charge in [0.1, 0.15) is 29.4 Å². The Labute approximate surface area is 167 Å². The highest BCUT2D eigenvalue weighted by atomic mass is 16.7. The first kappa shape index (κ1) is 18.5. The molecule has 7 nitrogen and oxygen atoms in total. The molecule has 7 heteroatoms. The number of imidazole rings is 1. The molecule has 146 valence electrons. The van der Waals surface area contributed by atoms with Gasteiger partial charge in [0.25, 0.3) is 5.69 Å². The zero-order valence-corrected chi connectivity index (χ0v) is 15.8. The molecular formula is C22H19N3O4. The summed E-state index contributed by atoms with van der Waals surface area (Å²) in [6, 6.07) is 21.6. The Morgan fingerprint density at radius 2 is 1.62 bits per heavy atom. The minimum Gasteiger partial charge on any atom is -0.457 e. The lowest BCUT2D eigenvalue weighted by Crippen LogP contribution is -2.15. The third-order valence-corrected chi connectivity index (χ3v) is 4.49. The normalized spacial score (nSPS) is 10.8. The van der Waals surface area contributed by atoms with Crippen molar-refractivity contribution in [3.8, 4) is 11.5 Å². The zero-order chi connectivity index (χ0) is 20.2. The van der Waals surface area contributed by atoms with Gasteiger partial charge >= 0.3 is 0 Å². The largest absolute Gasteiger partial charge is 0.457 e. The molecule has 0 aliphatic carbocycles. The number of ether oxygens (including phenoxy) is 1. The number of aromatic nitrogens is 2. The molecule has 0 atom stereocenters. The molecule has 0 N–H and O–H groups in total. The Kier molecular flexibility index (Phi) is 5.11. The predicted molar refractivity (Wildman–Crippen MR) is 109 cm³/mol. The number of para-hydroxylation sites is 2. The fourth-order valence-corrected chi connectivity index (χ4v) is 3.04. The van der Waals surface area contributed by atoms with Gasteiger partial charge in [-0.3, -0.25) is 10.1 Å². The molecule has 29 heavy (non-hydrogen) atoms. The van der Waals surface area contributed by atoms with E-state index >= 15 is 0 Å². The van der Waals surface area contributed by atoms with Crippen molar-refractivity contribution >= 4 is 16.7 Å². The molecule has 0 bridgehead atoms. The van der Waals surface area contributed by atoms with Crippen molar-refractivity contribution in [2.24, 2.45) is 0 Å². The smallest absolute Gasteiger partial charge is 0.269 e. The van der Waals surface area contributed by atoms with Gasteiger partial charge in [0, 0.05) is 18.6 Å². The van der Waals surface area contributed by atoms with Crippen LogP contribution in [-0.4, -0.2) is 21.2 Å². The molecule has 0 saturated carbocycles. The molecule has 0 unspecified atom stereocenters. The number of hydrogen-bond acceptors (Lipinski definition) is 5. The average Bonchev–Trinajstić information content (AvgIpc) is 3.05. The van der Waals surface area contributed by atoms with Crippen LogP contribution in [0.25, 0.3) is 11.0 Å².